The van der Waals surface area contributed by atoms with Gasteiger partial charge in [-0.3, -0.25) is 4.79 Å². The summed E-state index contributed by atoms with van der Waals surface area (Å²) in [5, 5.41) is 2.96. The van der Waals surface area contributed by atoms with Crippen LogP contribution >= 0.6 is 0 Å². The molecule has 0 unspecified atom stereocenters. The molecule has 0 aliphatic carbocycles. The Kier molecular flexibility index (Phi) is 7.29. The van der Waals surface area contributed by atoms with E-state index in [1.165, 1.54) is 0 Å². The normalized spacial score (nSPS) is 11.1. The molecule has 2 heterocycles. The molecule has 7 heteroatoms. The molecule has 36 heavy (non-hydrogen) atoms. The van der Waals surface area contributed by atoms with E-state index in [2.05, 4.69) is 41.0 Å². The van der Waals surface area contributed by atoms with Crippen LogP contribution in [0.2, 0.25) is 0 Å². The molecule has 2 aromatic heterocycles. The number of carbonyl (C=O) groups is 1. The molecule has 0 aliphatic rings. The highest BCUT2D eigenvalue weighted by Crippen LogP contribution is 2.32. The van der Waals surface area contributed by atoms with Gasteiger partial charge in [0.15, 0.2) is 0 Å². The molecule has 1 amide bonds. The standard InChI is InChI=1S/C29H30N4O3/c1-6-26-30-16-14-24(33-26)22-11-8-15-31-28(22)36-21-10-7-9-20(18-21)32-27(34)23-17-19(29(2,3)4)12-13-25(23)35-5/h7-18H,6H2,1-5H3,(H,32,34). The number of hydrogen-bond donors (Lipinski definition) is 1. The fourth-order valence-electron chi connectivity index (χ4n) is 3.69. The number of nitrogens with one attached hydrogen (secondary N) is 1. The molecule has 0 fully saturated rings. The number of anilines is 1. The quantitative estimate of drug-likeness (QED) is 0.326. The van der Waals surface area contributed by atoms with E-state index in [1.54, 1.807) is 25.6 Å². The molecule has 4 aromatic rings. The highest BCUT2D eigenvalue weighted by molar-refractivity contribution is 6.06. The van der Waals surface area contributed by atoms with Gasteiger partial charge in [-0.15, -0.1) is 0 Å². The Hall–Kier alpha value is -4.26. The van der Waals surface area contributed by atoms with Gasteiger partial charge in [0.25, 0.3) is 5.91 Å². The molecule has 2 aromatic carbocycles. The summed E-state index contributed by atoms with van der Waals surface area (Å²) in [6.07, 6.45) is 4.13. The van der Waals surface area contributed by atoms with Crippen molar-refractivity contribution < 1.29 is 14.3 Å². The van der Waals surface area contributed by atoms with E-state index in [1.807, 2.05) is 61.5 Å². The van der Waals surface area contributed by atoms with Crippen LogP contribution in [0.4, 0.5) is 5.69 Å². The topological polar surface area (TPSA) is 86.2 Å². The molecule has 0 spiro atoms. The van der Waals surface area contributed by atoms with Gasteiger partial charge in [-0.1, -0.05) is 39.8 Å². The SMILES string of the molecule is CCc1nccc(-c2cccnc2Oc2cccc(NC(=O)c3cc(C(C)(C)C)ccc3OC)c2)n1. The minimum absolute atomic E-state index is 0.100. The minimum atomic E-state index is -0.262. The Bertz CT molecular complexity index is 1380. The zero-order valence-corrected chi connectivity index (χ0v) is 21.2. The first kappa shape index (κ1) is 24.9. The second-order valence-corrected chi connectivity index (χ2v) is 9.32. The summed E-state index contributed by atoms with van der Waals surface area (Å²) in [5.74, 6) is 1.95. The van der Waals surface area contributed by atoms with Crippen molar-refractivity contribution in [3.8, 4) is 28.6 Å². The number of amides is 1. The second kappa shape index (κ2) is 10.6. The lowest BCUT2D eigenvalue weighted by molar-refractivity contribution is 0.102. The third kappa shape index (κ3) is 5.68. The summed E-state index contributed by atoms with van der Waals surface area (Å²) in [5.41, 5.74) is 3.50. The molecule has 0 bridgehead atoms. The number of aromatic nitrogens is 3. The summed E-state index contributed by atoms with van der Waals surface area (Å²) in [4.78, 5) is 26.5. The van der Waals surface area contributed by atoms with Crippen LogP contribution in [-0.4, -0.2) is 28.0 Å². The molecule has 0 aliphatic heterocycles. The maximum absolute atomic E-state index is 13.2. The lowest BCUT2D eigenvalue weighted by Gasteiger charge is -2.21. The summed E-state index contributed by atoms with van der Waals surface area (Å²) in [6, 6.07) is 18.5. The average molecular weight is 483 g/mol. The van der Waals surface area contributed by atoms with Crippen molar-refractivity contribution in [2.45, 2.75) is 39.5 Å². The zero-order valence-electron chi connectivity index (χ0n) is 21.2. The van der Waals surface area contributed by atoms with E-state index >= 15 is 0 Å². The van der Waals surface area contributed by atoms with E-state index in [9.17, 15) is 4.79 Å². The van der Waals surface area contributed by atoms with E-state index in [0.29, 0.717) is 28.6 Å². The van der Waals surface area contributed by atoms with Gasteiger partial charge in [0.05, 0.1) is 23.9 Å². The Balaban J connectivity index is 1.58. The van der Waals surface area contributed by atoms with E-state index in [0.717, 1.165) is 29.1 Å². The first-order chi connectivity index (χ1) is 17.3. The lowest BCUT2D eigenvalue weighted by atomic mass is 9.86. The van der Waals surface area contributed by atoms with Crippen LogP contribution < -0.4 is 14.8 Å². The Labute approximate surface area is 211 Å². The molecule has 0 saturated heterocycles. The fourth-order valence-corrected chi connectivity index (χ4v) is 3.69. The van der Waals surface area contributed by atoms with Crippen molar-refractivity contribution in [3.05, 3.63) is 90.0 Å². The van der Waals surface area contributed by atoms with E-state index in [4.69, 9.17) is 9.47 Å². The van der Waals surface area contributed by atoms with Crippen LogP contribution in [0, 0.1) is 0 Å². The third-order valence-electron chi connectivity index (χ3n) is 5.69. The molecular formula is C29H30N4O3. The van der Waals surface area contributed by atoms with Crippen molar-refractivity contribution in [1.82, 2.24) is 15.0 Å². The van der Waals surface area contributed by atoms with Gasteiger partial charge >= 0.3 is 0 Å². The number of aryl methyl sites for hydroxylation is 1. The van der Waals surface area contributed by atoms with Gasteiger partial charge in [-0.25, -0.2) is 15.0 Å². The van der Waals surface area contributed by atoms with Crippen molar-refractivity contribution in [2.24, 2.45) is 0 Å². The predicted octanol–water partition coefficient (Wildman–Crippen LogP) is 6.45. The van der Waals surface area contributed by atoms with Gasteiger partial charge in [0.2, 0.25) is 5.88 Å². The summed E-state index contributed by atoms with van der Waals surface area (Å²) in [6.45, 7) is 8.32. The number of nitrogens with zero attached hydrogens (tertiary/aromatic N) is 3. The molecule has 184 valence electrons. The number of carbonyl (C=O) groups excluding carboxylic acids is 1. The van der Waals surface area contributed by atoms with Gasteiger partial charge < -0.3 is 14.8 Å². The maximum Gasteiger partial charge on any atom is 0.259 e. The third-order valence-corrected chi connectivity index (χ3v) is 5.69. The molecule has 0 radical (unpaired) electrons. The van der Waals surface area contributed by atoms with Crippen LogP contribution in [-0.2, 0) is 11.8 Å². The molecule has 0 saturated carbocycles. The van der Waals surface area contributed by atoms with Crippen molar-refractivity contribution in [1.29, 1.82) is 0 Å². The van der Waals surface area contributed by atoms with Gasteiger partial charge in [-0.05, 0) is 53.4 Å². The number of hydrogen-bond acceptors (Lipinski definition) is 6. The number of rotatable bonds is 7. The number of ether oxygens (including phenoxy) is 2. The lowest BCUT2D eigenvalue weighted by Crippen LogP contribution is -2.17. The van der Waals surface area contributed by atoms with E-state index in [-0.39, 0.29) is 11.3 Å². The smallest absolute Gasteiger partial charge is 0.259 e. The number of benzene rings is 2. The van der Waals surface area contributed by atoms with Crippen molar-refractivity contribution in [2.75, 3.05) is 12.4 Å². The Morgan fingerprint density at radius 2 is 1.81 bits per heavy atom. The molecule has 1 N–H and O–H groups in total. The van der Waals surface area contributed by atoms with Gasteiger partial charge in [-0.2, -0.15) is 0 Å². The summed E-state index contributed by atoms with van der Waals surface area (Å²) in [7, 11) is 1.56. The summed E-state index contributed by atoms with van der Waals surface area (Å²) < 4.78 is 11.6. The zero-order chi connectivity index (χ0) is 25.7. The van der Waals surface area contributed by atoms with Crippen LogP contribution in [0.15, 0.2) is 73.1 Å². The fraction of sp³-hybridized carbons (Fsp3) is 0.241. The van der Waals surface area contributed by atoms with Gasteiger partial charge in [0, 0.05) is 30.6 Å². The van der Waals surface area contributed by atoms with Crippen LogP contribution in [0.5, 0.6) is 17.4 Å². The predicted molar refractivity (Wildman–Crippen MR) is 141 cm³/mol. The van der Waals surface area contributed by atoms with Gasteiger partial charge in [0.1, 0.15) is 17.3 Å². The second-order valence-electron chi connectivity index (χ2n) is 9.32. The minimum Gasteiger partial charge on any atom is -0.496 e. The molecule has 0 atom stereocenters. The van der Waals surface area contributed by atoms with Crippen molar-refractivity contribution >= 4 is 11.6 Å². The highest BCUT2D eigenvalue weighted by Gasteiger charge is 2.20. The summed E-state index contributed by atoms with van der Waals surface area (Å²) >= 11 is 0. The van der Waals surface area contributed by atoms with E-state index < -0.39 is 0 Å². The highest BCUT2D eigenvalue weighted by atomic mass is 16.5. The Morgan fingerprint density at radius 3 is 2.56 bits per heavy atom. The molecule has 4 rings (SSSR count). The molecule has 7 nitrogen and oxygen atoms in total. The van der Waals surface area contributed by atoms with Crippen LogP contribution in [0.25, 0.3) is 11.3 Å². The number of pyridine rings is 1. The first-order valence-electron chi connectivity index (χ1n) is 11.8. The van der Waals surface area contributed by atoms with Crippen LogP contribution in [0.1, 0.15) is 49.4 Å². The number of methoxy groups -OCH3 is 1. The monoisotopic (exact) mass is 482 g/mol. The first-order valence-corrected chi connectivity index (χ1v) is 11.8. The largest absolute Gasteiger partial charge is 0.496 e. The molecular weight excluding hydrogens is 452 g/mol. The van der Waals surface area contributed by atoms with Crippen molar-refractivity contribution in [3.63, 3.8) is 0 Å². The maximum atomic E-state index is 13.2. The Morgan fingerprint density at radius 1 is 0.972 bits per heavy atom. The average Bonchev–Trinajstić information content (AvgIpc) is 2.88. The van der Waals surface area contributed by atoms with Crippen LogP contribution in [0.3, 0.4) is 0 Å².